The standard InChI is InChI=1S/C18H27NO2/c1-5-6-10-16(17(20)21)19-15-11-8-7-9-14(15)13(2)12-18(19,3)4/h7-9,11,13,16H,5-6,10,12H2,1-4H3,(H,20,21)/t13-,16+/m1/s1. The van der Waals surface area contributed by atoms with Gasteiger partial charge in [0, 0.05) is 11.2 Å². The summed E-state index contributed by atoms with van der Waals surface area (Å²) >= 11 is 0. The van der Waals surface area contributed by atoms with E-state index in [0.717, 1.165) is 24.9 Å². The van der Waals surface area contributed by atoms with E-state index >= 15 is 0 Å². The Morgan fingerprint density at radius 2 is 2.10 bits per heavy atom. The molecule has 0 spiro atoms. The van der Waals surface area contributed by atoms with Crippen LogP contribution in [-0.2, 0) is 4.79 Å². The summed E-state index contributed by atoms with van der Waals surface area (Å²) in [6, 6.07) is 7.84. The van der Waals surface area contributed by atoms with Crippen molar-refractivity contribution in [1.29, 1.82) is 0 Å². The van der Waals surface area contributed by atoms with Gasteiger partial charge in [0.05, 0.1) is 0 Å². The fraction of sp³-hybridized carbons (Fsp3) is 0.611. The molecule has 0 aliphatic carbocycles. The van der Waals surface area contributed by atoms with Crippen molar-refractivity contribution in [3.8, 4) is 0 Å². The number of unbranched alkanes of at least 4 members (excludes halogenated alkanes) is 1. The highest BCUT2D eigenvalue weighted by Crippen LogP contribution is 2.44. The zero-order valence-electron chi connectivity index (χ0n) is 13.6. The molecule has 1 aliphatic rings. The van der Waals surface area contributed by atoms with Crippen LogP contribution < -0.4 is 4.90 Å². The second-order valence-corrected chi connectivity index (χ2v) is 6.84. The summed E-state index contributed by atoms with van der Waals surface area (Å²) in [7, 11) is 0. The highest BCUT2D eigenvalue weighted by atomic mass is 16.4. The second-order valence-electron chi connectivity index (χ2n) is 6.84. The van der Waals surface area contributed by atoms with Crippen LogP contribution >= 0.6 is 0 Å². The van der Waals surface area contributed by atoms with Gasteiger partial charge in [-0.2, -0.15) is 0 Å². The van der Waals surface area contributed by atoms with Crippen LogP contribution in [0.4, 0.5) is 5.69 Å². The average molecular weight is 289 g/mol. The molecule has 0 unspecified atom stereocenters. The van der Waals surface area contributed by atoms with Crippen LogP contribution in [-0.4, -0.2) is 22.7 Å². The van der Waals surface area contributed by atoms with Gasteiger partial charge in [0.1, 0.15) is 6.04 Å². The molecule has 1 heterocycles. The Morgan fingerprint density at radius 1 is 1.43 bits per heavy atom. The van der Waals surface area contributed by atoms with Gasteiger partial charge in [-0.25, -0.2) is 4.79 Å². The van der Waals surface area contributed by atoms with Gasteiger partial charge in [0.15, 0.2) is 0 Å². The zero-order chi connectivity index (χ0) is 15.6. The molecule has 1 aromatic carbocycles. The molecule has 3 heteroatoms. The monoisotopic (exact) mass is 289 g/mol. The summed E-state index contributed by atoms with van der Waals surface area (Å²) in [4.78, 5) is 14.0. The number of nitrogens with zero attached hydrogens (tertiary/aromatic N) is 1. The molecule has 21 heavy (non-hydrogen) atoms. The zero-order valence-corrected chi connectivity index (χ0v) is 13.6. The Kier molecular flexibility index (Phi) is 4.60. The Morgan fingerprint density at radius 3 is 2.71 bits per heavy atom. The normalized spacial score (nSPS) is 21.7. The van der Waals surface area contributed by atoms with Crippen molar-refractivity contribution in [2.24, 2.45) is 0 Å². The summed E-state index contributed by atoms with van der Waals surface area (Å²) in [5, 5.41) is 9.73. The third kappa shape index (κ3) is 3.07. The minimum Gasteiger partial charge on any atom is -0.480 e. The Bertz CT molecular complexity index is 510. The van der Waals surface area contributed by atoms with E-state index in [2.05, 4.69) is 44.7 Å². The first-order valence-electron chi connectivity index (χ1n) is 7.99. The Balaban J connectivity index is 2.47. The van der Waals surface area contributed by atoms with E-state index in [-0.39, 0.29) is 5.54 Å². The maximum atomic E-state index is 11.8. The van der Waals surface area contributed by atoms with E-state index in [0.29, 0.717) is 12.3 Å². The van der Waals surface area contributed by atoms with Crippen molar-refractivity contribution in [2.75, 3.05) is 4.90 Å². The molecular formula is C18H27NO2. The third-order valence-electron chi connectivity index (χ3n) is 4.61. The molecule has 116 valence electrons. The van der Waals surface area contributed by atoms with Crippen molar-refractivity contribution in [1.82, 2.24) is 0 Å². The molecule has 0 aromatic heterocycles. The summed E-state index contributed by atoms with van der Waals surface area (Å²) in [6.07, 6.45) is 3.66. The third-order valence-corrected chi connectivity index (χ3v) is 4.61. The smallest absolute Gasteiger partial charge is 0.326 e. The van der Waals surface area contributed by atoms with Crippen LogP contribution in [0.5, 0.6) is 0 Å². The van der Waals surface area contributed by atoms with Gasteiger partial charge in [-0.3, -0.25) is 0 Å². The van der Waals surface area contributed by atoms with Crippen molar-refractivity contribution < 1.29 is 9.90 Å². The highest BCUT2D eigenvalue weighted by Gasteiger charge is 2.41. The van der Waals surface area contributed by atoms with Crippen molar-refractivity contribution in [3.63, 3.8) is 0 Å². The van der Waals surface area contributed by atoms with Crippen LogP contribution in [0.25, 0.3) is 0 Å². The predicted octanol–water partition coefficient (Wildman–Crippen LogP) is 4.42. The minimum atomic E-state index is -0.708. The lowest BCUT2D eigenvalue weighted by molar-refractivity contribution is -0.139. The van der Waals surface area contributed by atoms with Gasteiger partial charge in [0.25, 0.3) is 0 Å². The Labute approximate surface area is 128 Å². The number of hydrogen-bond acceptors (Lipinski definition) is 2. The number of aliphatic carboxylic acids is 1. The summed E-state index contributed by atoms with van der Waals surface area (Å²) in [5.74, 6) is -0.242. The van der Waals surface area contributed by atoms with Gasteiger partial charge in [-0.1, -0.05) is 44.9 Å². The number of benzene rings is 1. The predicted molar refractivity (Wildman–Crippen MR) is 87.0 cm³/mol. The second kappa shape index (κ2) is 6.08. The van der Waals surface area contributed by atoms with Gasteiger partial charge in [0.2, 0.25) is 0 Å². The number of carboxylic acid groups (broad SMARTS) is 1. The molecule has 0 saturated carbocycles. The molecule has 0 fully saturated rings. The van der Waals surface area contributed by atoms with Crippen molar-refractivity contribution in [3.05, 3.63) is 29.8 Å². The quantitative estimate of drug-likeness (QED) is 0.872. The molecular weight excluding hydrogens is 262 g/mol. The number of hydrogen-bond donors (Lipinski definition) is 1. The lowest BCUT2D eigenvalue weighted by atomic mass is 9.78. The first kappa shape index (κ1) is 15.9. The number of carboxylic acids is 1. The first-order chi connectivity index (χ1) is 9.88. The van der Waals surface area contributed by atoms with Gasteiger partial charge < -0.3 is 10.0 Å². The molecule has 1 aromatic rings. The Hall–Kier alpha value is -1.51. The van der Waals surface area contributed by atoms with E-state index < -0.39 is 12.0 Å². The van der Waals surface area contributed by atoms with E-state index in [1.807, 2.05) is 12.1 Å². The maximum Gasteiger partial charge on any atom is 0.326 e. The molecule has 1 N–H and O–H groups in total. The number of anilines is 1. The highest BCUT2D eigenvalue weighted by molar-refractivity contribution is 5.80. The molecule has 0 saturated heterocycles. The van der Waals surface area contributed by atoms with E-state index in [1.165, 1.54) is 5.56 Å². The van der Waals surface area contributed by atoms with Crippen LogP contribution in [0.2, 0.25) is 0 Å². The van der Waals surface area contributed by atoms with Gasteiger partial charge in [-0.15, -0.1) is 0 Å². The van der Waals surface area contributed by atoms with E-state index in [1.54, 1.807) is 0 Å². The molecule has 2 rings (SSSR count). The van der Waals surface area contributed by atoms with E-state index in [9.17, 15) is 9.90 Å². The summed E-state index contributed by atoms with van der Waals surface area (Å²) in [5.41, 5.74) is 2.24. The molecule has 0 amide bonds. The average Bonchev–Trinajstić information content (AvgIpc) is 2.41. The van der Waals surface area contributed by atoms with Crippen LogP contribution in [0.15, 0.2) is 24.3 Å². The SMILES string of the molecule is CCCC[C@@H](C(=O)O)N1c2ccccc2[C@H](C)CC1(C)C. The van der Waals surface area contributed by atoms with E-state index in [4.69, 9.17) is 0 Å². The van der Waals surface area contributed by atoms with Crippen molar-refractivity contribution >= 4 is 11.7 Å². The molecule has 1 aliphatic heterocycles. The minimum absolute atomic E-state index is 0.134. The van der Waals surface area contributed by atoms with Crippen LogP contribution in [0.3, 0.4) is 0 Å². The van der Waals surface area contributed by atoms with Gasteiger partial charge >= 0.3 is 5.97 Å². The summed E-state index contributed by atoms with van der Waals surface area (Å²) < 4.78 is 0. The topological polar surface area (TPSA) is 40.5 Å². The number of fused-ring (bicyclic) bond motifs is 1. The first-order valence-corrected chi connectivity index (χ1v) is 7.99. The van der Waals surface area contributed by atoms with Gasteiger partial charge in [-0.05, 0) is 44.2 Å². The number of para-hydroxylation sites is 1. The molecule has 2 atom stereocenters. The number of carbonyl (C=O) groups is 1. The molecule has 3 nitrogen and oxygen atoms in total. The molecule has 0 radical (unpaired) electrons. The summed E-state index contributed by atoms with van der Waals surface area (Å²) in [6.45, 7) is 8.68. The van der Waals surface area contributed by atoms with Crippen molar-refractivity contribution in [2.45, 2.75) is 70.9 Å². The lowest BCUT2D eigenvalue weighted by Crippen LogP contribution is -2.56. The molecule has 0 bridgehead atoms. The van der Waals surface area contributed by atoms with Crippen LogP contribution in [0.1, 0.15) is 64.9 Å². The fourth-order valence-electron chi connectivity index (χ4n) is 3.76. The maximum absolute atomic E-state index is 11.8. The lowest BCUT2D eigenvalue weighted by Gasteiger charge is -2.50. The fourth-order valence-corrected chi connectivity index (χ4v) is 3.76. The van der Waals surface area contributed by atoms with Crippen LogP contribution in [0, 0.1) is 0 Å². The number of rotatable bonds is 5. The largest absolute Gasteiger partial charge is 0.480 e.